The van der Waals surface area contributed by atoms with Crippen LogP contribution >= 0.6 is 0 Å². The quantitative estimate of drug-likeness (QED) is 0.737. The van der Waals surface area contributed by atoms with E-state index in [0.29, 0.717) is 0 Å². The summed E-state index contributed by atoms with van der Waals surface area (Å²) in [5.41, 5.74) is -0.350. The lowest BCUT2D eigenvalue weighted by Gasteiger charge is -2.10. The SMILES string of the molecule is C#CCNS(=O)(=O)c1ccc(C(=O)NCc2cccc(C(F)(F)F)c2)cc1. The highest BCUT2D eigenvalue weighted by Gasteiger charge is 2.30. The van der Waals surface area contributed by atoms with E-state index in [1.54, 1.807) is 0 Å². The molecule has 27 heavy (non-hydrogen) atoms. The van der Waals surface area contributed by atoms with Crippen LogP contribution in [-0.4, -0.2) is 20.9 Å². The van der Waals surface area contributed by atoms with Gasteiger partial charge in [-0.2, -0.15) is 17.9 Å². The second-order valence-electron chi connectivity index (χ2n) is 5.43. The van der Waals surface area contributed by atoms with Gasteiger partial charge < -0.3 is 5.32 Å². The molecule has 2 N–H and O–H groups in total. The average Bonchev–Trinajstić information content (AvgIpc) is 2.64. The summed E-state index contributed by atoms with van der Waals surface area (Å²) in [6.07, 6.45) is 0.536. The minimum Gasteiger partial charge on any atom is -0.348 e. The van der Waals surface area contributed by atoms with E-state index in [2.05, 4.69) is 16.0 Å². The van der Waals surface area contributed by atoms with Gasteiger partial charge >= 0.3 is 6.18 Å². The molecule has 0 aliphatic rings. The van der Waals surface area contributed by atoms with Crippen molar-refractivity contribution in [2.45, 2.75) is 17.6 Å². The monoisotopic (exact) mass is 396 g/mol. The van der Waals surface area contributed by atoms with Gasteiger partial charge in [0.05, 0.1) is 17.0 Å². The van der Waals surface area contributed by atoms with Crippen LogP contribution in [0.5, 0.6) is 0 Å². The van der Waals surface area contributed by atoms with Crippen molar-refractivity contribution >= 4 is 15.9 Å². The summed E-state index contributed by atoms with van der Waals surface area (Å²) in [6.45, 7) is -0.270. The van der Waals surface area contributed by atoms with Crippen LogP contribution in [0, 0.1) is 12.3 Å². The smallest absolute Gasteiger partial charge is 0.348 e. The van der Waals surface area contributed by atoms with Gasteiger partial charge in [0.25, 0.3) is 5.91 Å². The first kappa shape index (κ1) is 20.5. The summed E-state index contributed by atoms with van der Waals surface area (Å²) in [5.74, 6) is 1.60. The average molecular weight is 396 g/mol. The second-order valence-corrected chi connectivity index (χ2v) is 7.20. The highest BCUT2D eigenvalue weighted by molar-refractivity contribution is 7.89. The molecule has 0 saturated carbocycles. The van der Waals surface area contributed by atoms with Gasteiger partial charge in [-0.15, -0.1) is 6.42 Å². The number of hydrogen-bond donors (Lipinski definition) is 2. The first-order chi connectivity index (χ1) is 12.6. The molecule has 9 heteroatoms. The van der Waals surface area contributed by atoms with E-state index in [4.69, 9.17) is 6.42 Å². The van der Waals surface area contributed by atoms with Gasteiger partial charge in [-0.3, -0.25) is 4.79 Å². The Kier molecular flexibility index (Phi) is 6.25. The van der Waals surface area contributed by atoms with Crippen LogP contribution in [0.15, 0.2) is 53.4 Å². The lowest BCUT2D eigenvalue weighted by molar-refractivity contribution is -0.137. The molecule has 0 atom stereocenters. The Morgan fingerprint density at radius 1 is 1.11 bits per heavy atom. The fourth-order valence-electron chi connectivity index (χ4n) is 2.15. The Balaban J connectivity index is 2.04. The largest absolute Gasteiger partial charge is 0.416 e. The number of terminal acetylenes is 1. The van der Waals surface area contributed by atoms with Crippen molar-refractivity contribution in [3.05, 3.63) is 65.2 Å². The molecule has 2 aromatic carbocycles. The number of nitrogens with one attached hydrogen (secondary N) is 2. The van der Waals surface area contributed by atoms with Crippen molar-refractivity contribution < 1.29 is 26.4 Å². The molecule has 142 valence electrons. The first-order valence-corrected chi connectivity index (χ1v) is 9.09. The number of benzene rings is 2. The van der Waals surface area contributed by atoms with Crippen LogP contribution in [0.2, 0.25) is 0 Å². The third kappa shape index (κ3) is 5.57. The zero-order valence-corrected chi connectivity index (χ0v) is 14.7. The number of alkyl halides is 3. The predicted octanol–water partition coefficient (Wildman–Crippen LogP) is 2.55. The van der Waals surface area contributed by atoms with Crippen LogP contribution in [0.3, 0.4) is 0 Å². The van der Waals surface area contributed by atoms with Gasteiger partial charge in [0.15, 0.2) is 0 Å². The normalized spacial score (nSPS) is 11.6. The second kappa shape index (κ2) is 8.24. The number of sulfonamides is 1. The zero-order chi connectivity index (χ0) is 20.1. The van der Waals surface area contributed by atoms with E-state index in [1.807, 2.05) is 0 Å². The van der Waals surface area contributed by atoms with Gasteiger partial charge in [-0.05, 0) is 42.0 Å². The fourth-order valence-corrected chi connectivity index (χ4v) is 3.08. The lowest BCUT2D eigenvalue weighted by Crippen LogP contribution is -2.25. The molecule has 0 aromatic heterocycles. The molecule has 0 radical (unpaired) electrons. The number of carbonyl (C=O) groups excluding carboxylic acids is 1. The van der Waals surface area contributed by atoms with Gasteiger partial charge in [-0.1, -0.05) is 18.1 Å². The van der Waals surface area contributed by atoms with Crippen LogP contribution in [0.4, 0.5) is 13.2 Å². The number of rotatable bonds is 6. The van der Waals surface area contributed by atoms with Gasteiger partial charge in [0.1, 0.15) is 0 Å². The van der Waals surface area contributed by atoms with Crippen molar-refractivity contribution in [1.29, 1.82) is 0 Å². The van der Waals surface area contributed by atoms with E-state index in [0.717, 1.165) is 12.1 Å². The minimum atomic E-state index is -4.46. The summed E-state index contributed by atoms with van der Waals surface area (Å²) in [7, 11) is -3.77. The number of carbonyl (C=O) groups is 1. The Hall–Kier alpha value is -2.83. The van der Waals surface area contributed by atoms with Gasteiger partial charge in [-0.25, -0.2) is 8.42 Å². The maximum Gasteiger partial charge on any atom is 0.416 e. The molecule has 0 fully saturated rings. The summed E-state index contributed by atoms with van der Waals surface area (Å²) in [5, 5.41) is 2.49. The van der Waals surface area contributed by atoms with Crippen LogP contribution in [0.1, 0.15) is 21.5 Å². The molecular weight excluding hydrogens is 381 g/mol. The molecule has 2 aromatic rings. The summed E-state index contributed by atoms with van der Waals surface area (Å²) in [4.78, 5) is 12.0. The van der Waals surface area contributed by atoms with Crippen molar-refractivity contribution in [1.82, 2.24) is 10.0 Å². The van der Waals surface area contributed by atoms with E-state index in [-0.39, 0.29) is 29.1 Å². The minimum absolute atomic E-state index is 0.0628. The standard InChI is InChI=1S/C18H15F3N2O3S/c1-2-10-23-27(25,26)16-8-6-14(7-9-16)17(24)22-12-13-4-3-5-15(11-13)18(19,20)21/h1,3-9,11,23H,10,12H2,(H,22,24). The number of amides is 1. The highest BCUT2D eigenvalue weighted by Crippen LogP contribution is 2.29. The van der Waals surface area contributed by atoms with E-state index < -0.39 is 27.7 Å². The summed E-state index contributed by atoms with van der Waals surface area (Å²) >= 11 is 0. The van der Waals surface area contributed by atoms with Crippen molar-refractivity contribution in [2.24, 2.45) is 0 Å². The highest BCUT2D eigenvalue weighted by atomic mass is 32.2. The molecule has 0 heterocycles. The number of hydrogen-bond acceptors (Lipinski definition) is 3. The topological polar surface area (TPSA) is 75.3 Å². The van der Waals surface area contributed by atoms with Crippen molar-refractivity contribution in [3.63, 3.8) is 0 Å². The summed E-state index contributed by atoms with van der Waals surface area (Å²) in [6, 6.07) is 9.68. The predicted molar refractivity (Wildman–Crippen MR) is 93.1 cm³/mol. The molecule has 0 aliphatic carbocycles. The van der Waals surface area contributed by atoms with E-state index in [9.17, 15) is 26.4 Å². The Morgan fingerprint density at radius 3 is 2.37 bits per heavy atom. The Morgan fingerprint density at radius 2 is 1.78 bits per heavy atom. The maximum atomic E-state index is 12.7. The van der Waals surface area contributed by atoms with Gasteiger partial charge in [0.2, 0.25) is 10.0 Å². The van der Waals surface area contributed by atoms with Crippen molar-refractivity contribution in [2.75, 3.05) is 6.54 Å². The van der Waals surface area contributed by atoms with Crippen molar-refractivity contribution in [3.8, 4) is 12.3 Å². The molecule has 5 nitrogen and oxygen atoms in total. The molecule has 0 saturated heterocycles. The summed E-state index contributed by atoms with van der Waals surface area (Å²) < 4.78 is 64.0. The molecule has 2 rings (SSSR count). The molecule has 1 amide bonds. The van der Waals surface area contributed by atoms with E-state index in [1.165, 1.54) is 36.4 Å². The number of halogens is 3. The fraction of sp³-hybridized carbons (Fsp3) is 0.167. The van der Waals surface area contributed by atoms with Crippen LogP contribution < -0.4 is 10.0 Å². The molecule has 0 spiro atoms. The maximum absolute atomic E-state index is 12.7. The van der Waals surface area contributed by atoms with Gasteiger partial charge in [0, 0.05) is 12.1 Å². The molecule has 0 aliphatic heterocycles. The first-order valence-electron chi connectivity index (χ1n) is 7.61. The molecule has 0 bridgehead atoms. The molecular formula is C18H15F3N2O3S. The van der Waals surface area contributed by atoms with Crippen LogP contribution in [-0.2, 0) is 22.7 Å². The third-order valence-corrected chi connectivity index (χ3v) is 4.92. The molecule has 0 unspecified atom stereocenters. The third-order valence-electron chi connectivity index (χ3n) is 3.50. The van der Waals surface area contributed by atoms with Crippen LogP contribution in [0.25, 0.3) is 0 Å². The zero-order valence-electron chi connectivity index (χ0n) is 13.9. The Labute approximate surface area is 154 Å². The lowest BCUT2D eigenvalue weighted by atomic mass is 10.1. The Bertz CT molecular complexity index is 963. The van der Waals surface area contributed by atoms with E-state index >= 15 is 0 Å².